The van der Waals surface area contributed by atoms with Gasteiger partial charge in [0, 0.05) is 6.07 Å². The minimum atomic E-state index is -0.869. The number of hydrogen-bond acceptors (Lipinski definition) is 4. The molecule has 0 radical (unpaired) electrons. The fourth-order valence-electron chi connectivity index (χ4n) is 4.32. The normalized spacial score (nSPS) is 19.6. The van der Waals surface area contributed by atoms with Gasteiger partial charge in [0.25, 0.3) is 5.91 Å². The molecule has 2 N–H and O–H groups in total. The van der Waals surface area contributed by atoms with Crippen molar-refractivity contribution in [2.45, 2.75) is 76.8 Å². The van der Waals surface area contributed by atoms with Gasteiger partial charge in [-0.1, -0.05) is 39.5 Å². The Bertz CT molecular complexity index is 702. The topological polar surface area (TPSA) is 96.3 Å². The SMILES string of the molecule is CCCC1(CCC)NC(=O)N(CC(=O)Nc2ccnn2C2CCCC2)C1=O. The summed E-state index contributed by atoms with van der Waals surface area (Å²) < 4.78 is 1.84. The van der Waals surface area contributed by atoms with E-state index in [9.17, 15) is 14.4 Å². The summed E-state index contributed by atoms with van der Waals surface area (Å²) in [6.07, 6.45) is 8.82. The molecule has 4 amide bonds. The van der Waals surface area contributed by atoms with Gasteiger partial charge in [-0.05, 0) is 25.7 Å². The van der Waals surface area contributed by atoms with Gasteiger partial charge in [0.2, 0.25) is 5.91 Å². The highest BCUT2D eigenvalue weighted by atomic mass is 16.2. The van der Waals surface area contributed by atoms with Crippen LogP contribution in [0.5, 0.6) is 0 Å². The lowest BCUT2D eigenvalue weighted by Crippen LogP contribution is -2.47. The van der Waals surface area contributed by atoms with Crippen molar-refractivity contribution in [3.05, 3.63) is 12.3 Å². The maximum atomic E-state index is 12.9. The molecule has 1 aromatic rings. The molecule has 8 heteroatoms. The molecule has 2 fully saturated rings. The van der Waals surface area contributed by atoms with Crippen molar-refractivity contribution in [2.24, 2.45) is 0 Å². The van der Waals surface area contributed by atoms with E-state index in [1.54, 1.807) is 12.3 Å². The van der Waals surface area contributed by atoms with E-state index >= 15 is 0 Å². The average Bonchev–Trinajstić information content (AvgIpc) is 3.33. The summed E-state index contributed by atoms with van der Waals surface area (Å²) >= 11 is 0. The number of rotatable bonds is 8. The van der Waals surface area contributed by atoms with E-state index < -0.39 is 11.6 Å². The van der Waals surface area contributed by atoms with E-state index in [1.807, 2.05) is 18.5 Å². The number of carbonyl (C=O) groups excluding carboxylic acids is 3. The Morgan fingerprint density at radius 1 is 1.26 bits per heavy atom. The van der Waals surface area contributed by atoms with E-state index in [0.717, 1.165) is 43.4 Å². The van der Waals surface area contributed by atoms with Crippen LogP contribution < -0.4 is 10.6 Å². The maximum Gasteiger partial charge on any atom is 0.325 e. The summed E-state index contributed by atoms with van der Waals surface area (Å²) in [6, 6.07) is 1.57. The second-order valence-corrected chi connectivity index (χ2v) is 7.55. The molecule has 2 aliphatic rings. The zero-order valence-electron chi connectivity index (χ0n) is 16.2. The fourth-order valence-corrected chi connectivity index (χ4v) is 4.32. The van der Waals surface area contributed by atoms with Crippen LogP contribution in [0, 0.1) is 0 Å². The first-order valence-corrected chi connectivity index (χ1v) is 9.98. The van der Waals surface area contributed by atoms with Crippen LogP contribution in [0.25, 0.3) is 0 Å². The molecule has 3 rings (SSSR count). The smallest absolute Gasteiger partial charge is 0.323 e. The summed E-state index contributed by atoms with van der Waals surface area (Å²) in [5.41, 5.74) is -0.869. The van der Waals surface area contributed by atoms with Crippen LogP contribution in [0.2, 0.25) is 0 Å². The molecule has 1 aliphatic heterocycles. The minimum absolute atomic E-state index is 0.282. The number of imide groups is 1. The molecular formula is C19H29N5O3. The number of urea groups is 1. The first-order valence-electron chi connectivity index (χ1n) is 9.98. The van der Waals surface area contributed by atoms with E-state index in [0.29, 0.717) is 24.7 Å². The Balaban J connectivity index is 1.67. The molecule has 0 aromatic carbocycles. The number of aromatic nitrogens is 2. The number of carbonyl (C=O) groups is 3. The second kappa shape index (κ2) is 8.10. The molecule has 2 heterocycles. The van der Waals surface area contributed by atoms with Gasteiger partial charge in [0.15, 0.2) is 0 Å². The average molecular weight is 375 g/mol. The molecule has 0 unspecified atom stereocenters. The summed E-state index contributed by atoms with van der Waals surface area (Å²) in [6.45, 7) is 3.68. The van der Waals surface area contributed by atoms with Crippen LogP contribution in [-0.2, 0) is 9.59 Å². The zero-order chi connectivity index (χ0) is 19.4. The van der Waals surface area contributed by atoms with Gasteiger partial charge < -0.3 is 10.6 Å². The van der Waals surface area contributed by atoms with E-state index in [-0.39, 0.29) is 18.4 Å². The van der Waals surface area contributed by atoms with Crippen LogP contribution in [-0.4, -0.2) is 44.6 Å². The Hall–Kier alpha value is -2.38. The minimum Gasteiger partial charge on any atom is -0.323 e. The predicted octanol–water partition coefficient (Wildman–Crippen LogP) is 2.83. The molecule has 1 saturated carbocycles. The molecule has 8 nitrogen and oxygen atoms in total. The number of amides is 4. The highest BCUT2D eigenvalue weighted by molar-refractivity contribution is 6.10. The summed E-state index contributed by atoms with van der Waals surface area (Å²) in [7, 11) is 0. The number of anilines is 1. The summed E-state index contributed by atoms with van der Waals surface area (Å²) in [5, 5.41) is 9.97. The van der Waals surface area contributed by atoms with Crippen molar-refractivity contribution in [1.82, 2.24) is 20.0 Å². The van der Waals surface area contributed by atoms with Gasteiger partial charge in [-0.2, -0.15) is 5.10 Å². The largest absolute Gasteiger partial charge is 0.325 e. The van der Waals surface area contributed by atoms with Crippen LogP contribution in [0.15, 0.2) is 12.3 Å². The zero-order valence-corrected chi connectivity index (χ0v) is 16.2. The standard InChI is InChI=1S/C19H29N5O3/c1-3-10-19(11-4-2)17(26)23(18(27)22-19)13-16(25)21-15-9-12-20-24(15)14-7-5-6-8-14/h9,12,14H,3-8,10-11,13H2,1-2H3,(H,21,25)(H,22,27). The lowest BCUT2D eigenvalue weighted by molar-refractivity contribution is -0.134. The van der Waals surface area contributed by atoms with Crippen molar-refractivity contribution < 1.29 is 14.4 Å². The first-order chi connectivity index (χ1) is 13.0. The van der Waals surface area contributed by atoms with Crippen molar-refractivity contribution in [2.75, 3.05) is 11.9 Å². The lowest BCUT2D eigenvalue weighted by Gasteiger charge is -2.25. The fraction of sp³-hybridized carbons (Fsp3) is 0.684. The van der Waals surface area contributed by atoms with E-state index in [4.69, 9.17) is 0 Å². The molecule has 27 heavy (non-hydrogen) atoms. The van der Waals surface area contributed by atoms with Gasteiger partial charge in [-0.25, -0.2) is 9.48 Å². The van der Waals surface area contributed by atoms with Gasteiger partial charge in [-0.3, -0.25) is 14.5 Å². The van der Waals surface area contributed by atoms with Gasteiger partial charge in [0.1, 0.15) is 17.9 Å². The second-order valence-electron chi connectivity index (χ2n) is 7.55. The summed E-state index contributed by atoms with van der Waals surface area (Å²) in [5.74, 6) is -0.0648. The molecule has 1 saturated heterocycles. The number of nitrogens with one attached hydrogen (secondary N) is 2. The Morgan fingerprint density at radius 2 is 1.93 bits per heavy atom. The molecule has 0 bridgehead atoms. The number of hydrogen-bond donors (Lipinski definition) is 2. The van der Waals surface area contributed by atoms with Crippen molar-refractivity contribution in [1.29, 1.82) is 0 Å². The monoisotopic (exact) mass is 375 g/mol. The Kier molecular flexibility index (Phi) is 5.82. The quantitative estimate of drug-likeness (QED) is 0.683. The van der Waals surface area contributed by atoms with Crippen LogP contribution >= 0.6 is 0 Å². The third kappa shape index (κ3) is 3.84. The van der Waals surface area contributed by atoms with Crippen LogP contribution in [0.1, 0.15) is 71.3 Å². The van der Waals surface area contributed by atoms with Crippen molar-refractivity contribution in [3.8, 4) is 0 Å². The molecule has 0 spiro atoms. The highest BCUT2D eigenvalue weighted by Gasteiger charge is 2.50. The van der Waals surface area contributed by atoms with Gasteiger partial charge in [0.05, 0.1) is 12.2 Å². The third-order valence-electron chi connectivity index (χ3n) is 5.51. The third-order valence-corrected chi connectivity index (χ3v) is 5.51. The molecular weight excluding hydrogens is 346 g/mol. The van der Waals surface area contributed by atoms with Crippen molar-refractivity contribution >= 4 is 23.7 Å². The molecule has 1 aromatic heterocycles. The van der Waals surface area contributed by atoms with Gasteiger partial charge >= 0.3 is 6.03 Å². The molecule has 0 atom stereocenters. The summed E-state index contributed by atoms with van der Waals surface area (Å²) in [4.78, 5) is 38.8. The Labute approximate surface area is 159 Å². The van der Waals surface area contributed by atoms with Crippen LogP contribution in [0.3, 0.4) is 0 Å². The predicted molar refractivity (Wildman–Crippen MR) is 101 cm³/mol. The van der Waals surface area contributed by atoms with E-state index in [1.165, 1.54) is 0 Å². The first kappa shape index (κ1) is 19.4. The Morgan fingerprint density at radius 3 is 2.56 bits per heavy atom. The van der Waals surface area contributed by atoms with E-state index in [2.05, 4.69) is 15.7 Å². The molecule has 148 valence electrons. The maximum absolute atomic E-state index is 12.9. The highest BCUT2D eigenvalue weighted by Crippen LogP contribution is 2.31. The van der Waals surface area contributed by atoms with Crippen molar-refractivity contribution in [3.63, 3.8) is 0 Å². The van der Waals surface area contributed by atoms with Crippen LogP contribution in [0.4, 0.5) is 10.6 Å². The lowest BCUT2D eigenvalue weighted by atomic mass is 9.88. The number of nitrogens with zero attached hydrogens (tertiary/aromatic N) is 3. The van der Waals surface area contributed by atoms with Gasteiger partial charge in [-0.15, -0.1) is 0 Å². The molecule has 1 aliphatic carbocycles.